The molecule has 0 aliphatic carbocycles. The summed E-state index contributed by atoms with van der Waals surface area (Å²) in [5.74, 6) is -1.55. The third kappa shape index (κ3) is 3.80. The highest BCUT2D eigenvalue weighted by Gasteiger charge is 2.39. The highest BCUT2D eigenvalue weighted by Crippen LogP contribution is 2.27. The zero-order chi connectivity index (χ0) is 18.0. The van der Waals surface area contributed by atoms with Gasteiger partial charge < -0.3 is 10.4 Å². The van der Waals surface area contributed by atoms with Crippen LogP contribution in [0.2, 0.25) is 5.02 Å². The number of carboxylic acid groups (broad SMARTS) is 1. The van der Waals surface area contributed by atoms with E-state index in [4.69, 9.17) is 16.7 Å². The van der Waals surface area contributed by atoms with Crippen molar-refractivity contribution < 1.29 is 19.5 Å². The molecule has 2 aromatic rings. The number of nitrogens with one attached hydrogen (secondary N) is 1. The zero-order valence-corrected chi connectivity index (χ0v) is 13.9. The van der Waals surface area contributed by atoms with Crippen molar-refractivity contribution in [2.75, 3.05) is 10.2 Å². The van der Waals surface area contributed by atoms with Gasteiger partial charge in [-0.25, -0.2) is 4.90 Å². The maximum Gasteiger partial charge on any atom is 0.307 e. The summed E-state index contributed by atoms with van der Waals surface area (Å²) in [7, 11) is 0. The van der Waals surface area contributed by atoms with Crippen LogP contribution in [0.4, 0.5) is 11.4 Å². The molecule has 1 atom stereocenters. The number of rotatable bonds is 5. The van der Waals surface area contributed by atoms with E-state index < -0.39 is 12.0 Å². The molecular weight excluding hydrogens is 344 g/mol. The van der Waals surface area contributed by atoms with Crippen LogP contribution in [-0.2, 0) is 20.8 Å². The Bertz CT molecular complexity index is 835. The molecule has 0 spiro atoms. The number of benzene rings is 2. The summed E-state index contributed by atoms with van der Waals surface area (Å²) in [5.41, 5.74) is 1.75. The van der Waals surface area contributed by atoms with Crippen molar-refractivity contribution in [3.63, 3.8) is 0 Å². The first-order valence-corrected chi connectivity index (χ1v) is 8.01. The van der Waals surface area contributed by atoms with E-state index in [2.05, 4.69) is 5.32 Å². The fourth-order valence-electron chi connectivity index (χ4n) is 2.73. The lowest BCUT2D eigenvalue weighted by Gasteiger charge is -2.16. The van der Waals surface area contributed by atoms with Gasteiger partial charge in [0.1, 0.15) is 6.04 Å². The third-order valence-electron chi connectivity index (χ3n) is 3.86. The van der Waals surface area contributed by atoms with Crippen LogP contribution in [0.3, 0.4) is 0 Å². The van der Waals surface area contributed by atoms with Crippen LogP contribution in [0, 0.1) is 0 Å². The number of carbonyl (C=O) groups is 3. The van der Waals surface area contributed by atoms with Crippen molar-refractivity contribution >= 4 is 40.8 Å². The maximum atomic E-state index is 12.6. The second kappa shape index (κ2) is 6.94. The number of hydrogen-bond acceptors (Lipinski definition) is 4. The summed E-state index contributed by atoms with van der Waals surface area (Å²) in [6.45, 7) is 0. The molecule has 0 saturated carbocycles. The lowest BCUT2D eigenvalue weighted by atomic mass is 10.1. The van der Waals surface area contributed by atoms with Crippen LogP contribution in [0.15, 0.2) is 48.5 Å². The topological polar surface area (TPSA) is 86.7 Å². The molecule has 0 radical (unpaired) electrons. The van der Waals surface area contributed by atoms with Gasteiger partial charge in [0.2, 0.25) is 5.91 Å². The van der Waals surface area contributed by atoms with Gasteiger partial charge >= 0.3 is 5.97 Å². The Kier molecular flexibility index (Phi) is 4.72. The number of carbonyl (C=O) groups excluding carboxylic acids is 2. The van der Waals surface area contributed by atoms with Gasteiger partial charge in [0.25, 0.3) is 5.91 Å². The van der Waals surface area contributed by atoms with E-state index in [-0.39, 0.29) is 24.7 Å². The molecule has 3 rings (SSSR count). The first kappa shape index (κ1) is 17.0. The zero-order valence-electron chi connectivity index (χ0n) is 13.1. The predicted octanol–water partition coefficient (Wildman–Crippen LogP) is 2.71. The molecule has 7 heteroatoms. The number of imide groups is 1. The van der Waals surface area contributed by atoms with Crippen molar-refractivity contribution in [3.05, 3.63) is 59.1 Å². The quantitative estimate of drug-likeness (QED) is 0.802. The van der Waals surface area contributed by atoms with Gasteiger partial charge in [0.15, 0.2) is 0 Å². The van der Waals surface area contributed by atoms with E-state index in [1.807, 2.05) is 0 Å². The second-order valence-corrected chi connectivity index (χ2v) is 6.15. The molecule has 1 aliphatic rings. The van der Waals surface area contributed by atoms with Gasteiger partial charge in [-0.15, -0.1) is 0 Å². The Morgan fingerprint density at radius 2 is 1.92 bits per heavy atom. The molecule has 1 fully saturated rings. The van der Waals surface area contributed by atoms with Gasteiger partial charge in [0, 0.05) is 10.7 Å². The highest BCUT2D eigenvalue weighted by atomic mass is 35.5. The van der Waals surface area contributed by atoms with Crippen molar-refractivity contribution in [1.82, 2.24) is 0 Å². The molecule has 0 aromatic heterocycles. The Balaban J connectivity index is 1.73. The number of aliphatic carboxylic acids is 1. The summed E-state index contributed by atoms with van der Waals surface area (Å²) in [6, 6.07) is 12.6. The third-order valence-corrected chi connectivity index (χ3v) is 4.10. The minimum Gasteiger partial charge on any atom is -0.481 e. The van der Waals surface area contributed by atoms with Crippen LogP contribution in [0.1, 0.15) is 12.0 Å². The largest absolute Gasteiger partial charge is 0.481 e. The van der Waals surface area contributed by atoms with Crippen LogP contribution >= 0.6 is 11.6 Å². The molecular formula is C18H15ClN2O4. The average molecular weight is 359 g/mol. The molecule has 1 saturated heterocycles. The Hall–Kier alpha value is -2.86. The summed E-state index contributed by atoms with van der Waals surface area (Å²) < 4.78 is 0. The molecule has 2 aromatic carbocycles. The summed E-state index contributed by atoms with van der Waals surface area (Å²) in [4.78, 5) is 36.6. The van der Waals surface area contributed by atoms with E-state index in [0.717, 1.165) is 4.90 Å². The fourth-order valence-corrected chi connectivity index (χ4v) is 2.91. The predicted molar refractivity (Wildman–Crippen MR) is 93.8 cm³/mol. The van der Waals surface area contributed by atoms with Crippen molar-refractivity contribution in [1.29, 1.82) is 0 Å². The molecule has 0 bridgehead atoms. The smallest absolute Gasteiger partial charge is 0.307 e. The molecule has 0 unspecified atom stereocenters. The van der Waals surface area contributed by atoms with Crippen molar-refractivity contribution in [2.45, 2.75) is 18.9 Å². The van der Waals surface area contributed by atoms with Crippen LogP contribution < -0.4 is 10.2 Å². The van der Waals surface area contributed by atoms with Gasteiger partial charge in [-0.05, 0) is 35.9 Å². The number of hydrogen-bond donors (Lipinski definition) is 2. The summed E-state index contributed by atoms with van der Waals surface area (Å²) >= 11 is 5.93. The maximum absolute atomic E-state index is 12.6. The van der Waals surface area contributed by atoms with Crippen LogP contribution in [-0.4, -0.2) is 28.9 Å². The lowest BCUT2D eigenvalue weighted by molar-refractivity contribution is -0.136. The molecule has 2 amide bonds. The molecule has 128 valence electrons. The van der Waals surface area contributed by atoms with E-state index in [1.54, 1.807) is 48.5 Å². The normalized spacial score (nSPS) is 17.0. The van der Waals surface area contributed by atoms with E-state index in [9.17, 15) is 14.4 Å². The van der Waals surface area contributed by atoms with Crippen molar-refractivity contribution in [3.8, 4) is 0 Å². The summed E-state index contributed by atoms with van der Waals surface area (Å²) in [6.07, 6.45) is -0.0219. The Morgan fingerprint density at radius 3 is 2.56 bits per heavy atom. The summed E-state index contributed by atoms with van der Waals surface area (Å²) in [5, 5.41) is 12.2. The molecule has 25 heavy (non-hydrogen) atoms. The molecule has 1 aliphatic heterocycles. The van der Waals surface area contributed by atoms with Crippen LogP contribution in [0.5, 0.6) is 0 Å². The molecule has 1 heterocycles. The number of carboxylic acids is 1. The number of nitrogens with zero attached hydrogens (tertiary/aromatic N) is 1. The molecule has 2 N–H and O–H groups in total. The first-order chi connectivity index (χ1) is 11.9. The Labute approximate surface area is 149 Å². The fraction of sp³-hybridized carbons (Fsp3) is 0.167. The average Bonchev–Trinajstić information content (AvgIpc) is 2.83. The minimum absolute atomic E-state index is 0.0439. The SMILES string of the molecule is O=C(O)Cc1ccc(N[C@@H]2CC(=O)N(c3cccc(Cl)c3)C2=O)cc1. The number of anilines is 2. The lowest BCUT2D eigenvalue weighted by Crippen LogP contribution is -2.34. The highest BCUT2D eigenvalue weighted by molar-refractivity contribution is 6.31. The number of amides is 2. The molecule has 6 nitrogen and oxygen atoms in total. The van der Waals surface area contributed by atoms with Crippen LogP contribution in [0.25, 0.3) is 0 Å². The van der Waals surface area contributed by atoms with E-state index in [1.165, 1.54) is 0 Å². The van der Waals surface area contributed by atoms with Gasteiger partial charge in [-0.3, -0.25) is 14.4 Å². The Morgan fingerprint density at radius 1 is 1.20 bits per heavy atom. The first-order valence-electron chi connectivity index (χ1n) is 7.63. The standard InChI is InChI=1S/C18H15ClN2O4/c19-12-2-1-3-14(9-12)21-16(22)10-15(18(21)25)20-13-6-4-11(5-7-13)8-17(23)24/h1-7,9,15,20H,8,10H2,(H,23,24)/t15-/m1/s1. The monoisotopic (exact) mass is 358 g/mol. The minimum atomic E-state index is -0.908. The number of halogens is 1. The van der Waals surface area contributed by atoms with Gasteiger partial charge in [0.05, 0.1) is 18.5 Å². The van der Waals surface area contributed by atoms with E-state index >= 15 is 0 Å². The second-order valence-electron chi connectivity index (χ2n) is 5.72. The van der Waals surface area contributed by atoms with E-state index in [0.29, 0.717) is 22.0 Å². The van der Waals surface area contributed by atoms with Gasteiger partial charge in [-0.2, -0.15) is 0 Å². The van der Waals surface area contributed by atoms with Gasteiger partial charge in [-0.1, -0.05) is 29.8 Å². The van der Waals surface area contributed by atoms with Crippen molar-refractivity contribution in [2.24, 2.45) is 0 Å².